The van der Waals surface area contributed by atoms with Crippen molar-refractivity contribution in [3.63, 3.8) is 0 Å². The van der Waals surface area contributed by atoms with Crippen LogP contribution in [0.2, 0.25) is 0 Å². The minimum atomic E-state index is -0.906. The van der Waals surface area contributed by atoms with Gasteiger partial charge in [-0.3, -0.25) is 14.5 Å². The molecule has 1 aromatic heterocycles. The van der Waals surface area contributed by atoms with E-state index in [1.165, 1.54) is 23.1 Å². The molecule has 33 heavy (non-hydrogen) atoms. The number of ketones is 1. The van der Waals surface area contributed by atoms with Gasteiger partial charge in [0, 0.05) is 5.56 Å². The number of rotatable bonds is 3. The molecule has 1 atom stereocenters. The topological polar surface area (TPSA) is 86.3 Å². The largest absolute Gasteiger partial charge is 0.507 e. The maximum Gasteiger partial charge on any atom is 0.302 e. The number of halogens is 1. The number of aliphatic hydroxyl groups excluding tert-OH is 1. The summed E-state index contributed by atoms with van der Waals surface area (Å²) in [6.45, 7) is 3.72. The molecule has 2 N–H and O–H groups in total. The van der Waals surface area contributed by atoms with E-state index in [1.807, 2.05) is 32.0 Å². The third-order valence-electron chi connectivity index (χ3n) is 5.87. The number of fused-ring (bicyclic) bond motifs is 1. The minimum absolute atomic E-state index is 0.0217. The highest BCUT2D eigenvalue weighted by atomic mass is 19.1. The monoisotopic (exact) mass is 441 g/mol. The molecule has 0 spiro atoms. The zero-order valence-corrected chi connectivity index (χ0v) is 18.0. The molecule has 0 aliphatic carbocycles. The molecule has 1 fully saturated rings. The molecule has 1 aliphatic heterocycles. The second kappa shape index (κ2) is 7.70. The molecule has 1 unspecified atom stereocenters. The quantitative estimate of drug-likeness (QED) is 0.268. The van der Waals surface area contributed by atoms with E-state index in [0.717, 1.165) is 11.1 Å². The van der Waals surface area contributed by atoms with E-state index in [1.54, 1.807) is 30.3 Å². The number of benzene rings is 3. The molecule has 0 radical (unpaired) electrons. The molecule has 1 saturated heterocycles. The lowest BCUT2D eigenvalue weighted by Gasteiger charge is -2.23. The number of imidazole rings is 1. The Hall–Kier alpha value is -4.26. The average Bonchev–Trinajstić information content (AvgIpc) is 3.33. The number of anilines is 1. The summed E-state index contributed by atoms with van der Waals surface area (Å²) in [5.74, 6) is -2.22. The molecule has 164 valence electrons. The second-order valence-corrected chi connectivity index (χ2v) is 8.12. The van der Waals surface area contributed by atoms with Crippen LogP contribution in [0.15, 0.2) is 72.3 Å². The third kappa shape index (κ3) is 3.38. The van der Waals surface area contributed by atoms with Gasteiger partial charge in [-0.05, 0) is 49.2 Å². The van der Waals surface area contributed by atoms with Crippen LogP contribution in [0.5, 0.6) is 0 Å². The van der Waals surface area contributed by atoms with Gasteiger partial charge in [0.25, 0.3) is 5.78 Å². The molecule has 1 aliphatic rings. The zero-order valence-electron chi connectivity index (χ0n) is 18.0. The Kier molecular flexibility index (Phi) is 4.82. The van der Waals surface area contributed by atoms with E-state index < -0.39 is 23.5 Å². The predicted molar refractivity (Wildman–Crippen MR) is 123 cm³/mol. The second-order valence-electron chi connectivity index (χ2n) is 8.12. The first-order chi connectivity index (χ1) is 15.8. The summed E-state index contributed by atoms with van der Waals surface area (Å²) >= 11 is 0. The Morgan fingerprint density at radius 1 is 1.03 bits per heavy atom. The van der Waals surface area contributed by atoms with Crippen LogP contribution in [0.1, 0.15) is 28.3 Å². The minimum Gasteiger partial charge on any atom is -0.507 e. The van der Waals surface area contributed by atoms with Gasteiger partial charge in [0.2, 0.25) is 5.95 Å². The molecule has 7 heteroatoms. The Bertz CT molecular complexity index is 1460. The summed E-state index contributed by atoms with van der Waals surface area (Å²) in [5, 5.41) is 11.3. The number of aliphatic hydroxyl groups is 1. The number of hydrogen-bond donors (Lipinski definition) is 2. The van der Waals surface area contributed by atoms with Crippen molar-refractivity contribution in [1.82, 2.24) is 9.97 Å². The molecule has 0 bridgehead atoms. The lowest BCUT2D eigenvalue weighted by atomic mass is 9.93. The Morgan fingerprint density at radius 3 is 2.55 bits per heavy atom. The van der Waals surface area contributed by atoms with Crippen LogP contribution in [0.25, 0.3) is 16.8 Å². The Morgan fingerprint density at radius 2 is 1.79 bits per heavy atom. The maximum absolute atomic E-state index is 13.7. The molecule has 0 saturated carbocycles. The van der Waals surface area contributed by atoms with E-state index in [2.05, 4.69) is 9.97 Å². The van der Waals surface area contributed by atoms with Crippen molar-refractivity contribution < 1.29 is 19.1 Å². The van der Waals surface area contributed by atoms with Gasteiger partial charge in [-0.1, -0.05) is 48.0 Å². The molecule has 1 amide bonds. The lowest BCUT2D eigenvalue weighted by molar-refractivity contribution is -0.132. The van der Waals surface area contributed by atoms with Crippen molar-refractivity contribution >= 4 is 34.4 Å². The number of hydrogen-bond acceptors (Lipinski definition) is 4. The number of aromatic nitrogens is 2. The molecule has 2 heterocycles. The van der Waals surface area contributed by atoms with Gasteiger partial charge in [0.1, 0.15) is 11.6 Å². The number of Topliss-reactive ketones (excluding diaryl/α,β-unsaturated/α-hetero) is 1. The third-order valence-corrected chi connectivity index (χ3v) is 5.87. The molecule has 4 aromatic rings. The van der Waals surface area contributed by atoms with Crippen molar-refractivity contribution in [2.24, 2.45) is 0 Å². The number of H-pyrrole nitrogens is 1. The summed E-state index contributed by atoms with van der Waals surface area (Å²) in [4.78, 5) is 35.1. The van der Waals surface area contributed by atoms with Gasteiger partial charge in [-0.25, -0.2) is 9.37 Å². The summed E-state index contributed by atoms with van der Waals surface area (Å²) in [7, 11) is 0. The summed E-state index contributed by atoms with van der Waals surface area (Å²) in [6.07, 6.45) is 0. The van der Waals surface area contributed by atoms with Crippen LogP contribution < -0.4 is 4.90 Å². The van der Waals surface area contributed by atoms with Crippen LogP contribution in [0, 0.1) is 19.7 Å². The molecular formula is C26H20FN3O3. The van der Waals surface area contributed by atoms with E-state index in [9.17, 15) is 19.1 Å². The maximum atomic E-state index is 13.7. The van der Waals surface area contributed by atoms with Gasteiger partial charge >= 0.3 is 5.91 Å². The van der Waals surface area contributed by atoms with Crippen molar-refractivity contribution in [2.45, 2.75) is 19.9 Å². The molecule has 3 aromatic carbocycles. The normalized spacial score (nSPS) is 17.8. The van der Waals surface area contributed by atoms with Gasteiger partial charge < -0.3 is 10.1 Å². The fourth-order valence-corrected chi connectivity index (χ4v) is 4.22. The van der Waals surface area contributed by atoms with E-state index in [-0.39, 0.29) is 17.3 Å². The van der Waals surface area contributed by atoms with Crippen LogP contribution in [0.4, 0.5) is 10.3 Å². The number of nitrogens with one attached hydrogen (secondary N) is 1. The van der Waals surface area contributed by atoms with Crippen molar-refractivity contribution in [2.75, 3.05) is 4.90 Å². The van der Waals surface area contributed by atoms with Crippen LogP contribution in [-0.4, -0.2) is 26.8 Å². The first-order valence-electron chi connectivity index (χ1n) is 10.4. The average molecular weight is 441 g/mol. The highest BCUT2D eigenvalue weighted by molar-refractivity contribution is 6.51. The SMILES string of the molecule is Cc1ccc(C)c(/C(O)=C2\C(=O)C(=O)N(c3nc4ccc(F)cc4[nH]3)C2c2ccccc2)c1. The Balaban J connectivity index is 1.75. The van der Waals surface area contributed by atoms with Crippen LogP contribution in [-0.2, 0) is 9.59 Å². The van der Waals surface area contributed by atoms with Crippen molar-refractivity contribution in [1.29, 1.82) is 0 Å². The fraction of sp³-hybridized carbons (Fsp3) is 0.115. The van der Waals surface area contributed by atoms with E-state index in [4.69, 9.17) is 0 Å². The highest BCUT2D eigenvalue weighted by Crippen LogP contribution is 2.42. The van der Waals surface area contributed by atoms with Crippen molar-refractivity contribution in [3.8, 4) is 0 Å². The van der Waals surface area contributed by atoms with Gasteiger partial charge in [-0.15, -0.1) is 0 Å². The van der Waals surface area contributed by atoms with Crippen LogP contribution in [0.3, 0.4) is 0 Å². The number of carbonyl (C=O) groups excluding carboxylic acids is 2. The zero-order chi connectivity index (χ0) is 23.3. The summed E-state index contributed by atoms with van der Waals surface area (Å²) < 4.78 is 13.7. The molecule has 6 nitrogen and oxygen atoms in total. The van der Waals surface area contributed by atoms with Crippen molar-refractivity contribution in [3.05, 3.63) is 100 Å². The van der Waals surface area contributed by atoms with Gasteiger partial charge in [0.05, 0.1) is 22.6 Å². The lowest BCUT2D eigenvalue weighted by Crippen LogP contribution is -2.30. The van der Waals surface area contributed by atoms with E-state index in [0.29, 0.717) is 22.2 Å². The number of nitrogens with zero attached hydrogens (tertiary/aromatic N) is 2. The first-order valence-corrected chi connectivity index (χ1v) is 10.4. The smallest absolute Gasteiger partial charge is 0.302 e. The summed E-state index contributed by atoms with van der Waals surface area (Å²) in [6, 6.07) is 17.7. The molecule has 5 rings (SSSR count). The Labute approximate surface area is 189 Å². The summed E-state index contributed by atoms with van der Waals surface area (Å²) in [5.41, 5.74) is 3.63. The standard InChI is InChI=1S/C26H20FN3O3/c1-14-8-9-15(2)18(12-14)23(31)21-22(16-6-4-3-5-7-16)30(25(33)24(21)32)26-28-19-11-10-17(27)13-20(19)29-26/h3-13,22,31H,1-2H3,(H,28,29)/b23-21+. The van der Waals surface area contributed by atoms with Crippen LogP contribution >= 0.6 is 0 Å². The highest BCUT2D eigenvalue weighted by Gasteiger charge is 2.48. The number of aromatic amines is 1. The van der Waals surface area contributed by atoms with Gasteiger partial charge in [0.15, 0.2) is 0 Å². The number of amides is 1. The van der Waals surface area contributed by atoms with E-state index >= 15 is 0 Å². The number of aryl methyl sites for hydroxylation is 2. The number of carbonyl (C=O) groups is 2. The van der Waals surface area contributed by atoms with Gasteiger partial charge in [-0.2, -0.15) is 0 Å². The first kappa shape index (κ1) is 20.6. The molecular weight excluding hydrogens is 421 g/mol. The predicted octanol–water partition coefficient (Wildman–Crippen LogP) is 4.95. The fourth-order valence-electron chi connectivity index (χ4n) is 4.22.